The number of carbonyl (C=O) groups excluding carboxylic acids is 1. The van der Waals surface area contributed by atoms with Crippen LogP contribution in [0.1, 0.15) is 61.3 Å². The maximum atomic E-state index is 14.0. The molecule has 1 saturated heterocycles. The topological polar surface area (TPSA) is 95.7 Å². The van der Waals surface area contributed by atoms with Crippen molar-refractivity contribution in [1.29, 1.82) is 0 Å². The van der Waals surface area contributed by atoms with Crippen molar-refractivity contribution < 1.29 is 14.3 Å². The van der Waals surface area contributed by atoms with E-state index in [0.717, 1.165) is 37.1 Å². The standard InChI is InChI=1S/C22H27FN6O2/c1-4-17-15(10-14(23)11-24-17)18-6-5-8-28(18)19-7-9-29-20(27-19)16(12-26-29)21(30)25-13-22(2,3)31/h7,9-12,18,31H,4-6,8,13H2,1-3H3,(H,25,30)/t18-/m1/s1. The van der Waals surface area contributed by atoms with Gasteiger partial charge in [-0.1, -0.05) is 6.92 Å². The number of aliphatic hydroxyl groups is 1. The number of anilines is 1. The highest BCUT2D eigenvalue weighted by atomic mass is 19.1. The SMILES string of the molecule is CCc1ncc(F)cc1[C@H]1CCCN1c1ccn2ncc(C(=O)NCC(C)(C)O)c2n1. The van der Waals surface area contributed by atoms with Crippen LogP contribution >= 0.6 is 0 Å². The average Bonchev–Trinajstić information content (AvgIpc) is 3.38. The lowest BCUT2D eigenvalue weighted by Gasteiger charge is -2.27. The predicted octanol–water partition coefficient (Wildman–Crippen LogP) is 2.67. The van der Waals surface area contributed by atoms with Crippen LogP contribution in [0.15, 0.2) is 30.7 Å². The highest BCUT2D eigenvalue weighted by molar-refractivity contribution is 5.99. The van der Waals surface area contributed by atoms with Gasteiger partial charge < -0.3 is 15.3 Å². The molecule has 9 heteroatoms. The van der Waals surface area contributed by atoms with E-state index in [-0.39, 0.29) is 24.3 Å². The second-order valence-electron chi connectivity index (χ2n) is 8.50. The Balaban J connectivity index is 1.67. The Bertz CT molecular complexity index is 1110. The molecule has 4 rings (SSSR count). The van der Waals surface area contributed by atoms with Crippen molar-refractivity contribution in [3.8, 4) is 0 Å². The molecule has 0 unspecified atom stereocenters. The van der Waals surface area contributed by atoms with Gasteiger partial charge in [0.1, 0.15) is 17.2 Å². The van der Waals surface area contributed by atoms with Crippen LogP contribution in [0.2, 0.25) is 0 Å². The molecule has 0 saturated carbocycles. The maximum absolute atomic E-state index is 14.0. The first-order chi connectivity index (χ1) is 14.8. The van der Waals surface area contributed by atoms with Gasteiger partial charge in [-0.15, -0.1) is 0 Å². The molecule has 1 amide bonds. The van der Waals surface area contributed by atoms with E-state index in [4.69, 9.17) is 4.98 Å². The van der Waals surface area contributed by atoms with E-state index in [1.165, 1.54) is 12.4 Å². The Hall–Kier alpha value is -3.07. The third-order valence-electron chi connectivity index (χ3n) is 5.49. The number of fused-ring (bicyclic) bond motifs is 1. The molecule has 0 aliphatic carbocycles. The van der Waals surface area contributed by atoms with Gasteiger partial charge >= 0.3 is 0 Å². The predicted molar refractivity (Wildman–Crippen MR) is 115 cm³/mol. The van der Waals surface area contributed by atoms with Gasteiger partial charge in [-0.3, -0.25) is 9.78 Å². The first-order valence-electron chi connectivity index (χ1n) is 10.5. The van der Waals surface area contributed by atoms with Gasteiger partial charge in [-0.25, -0.2) is 13.9 Å². The Morgan fingerprint density at radius 2 is 2.19 bits per heavy atom. The highest BCUT2D eigenvalue weighted by Crippen LogP contribution is 2.37. The summed E-state index contributed by atoms with van der Waals surface area (Å²) < 4.78 is 15.5. The van der Waals surface area contributed by atoms with Gasteiger partial charge in [-0.05, 0) is 50.8 Å². The van der Waals surface area contributed by atoms with Gasteiger partial charge in [-0.2, -0.15) is 5.10 Å². The number of hydrogen-bond acceptors (Lipinski definition) is 6. The molecule has 1 atom stereocenters. The van der Waals surface area contributed by atoms with Crippen LogP contribution in [0.5, 0.6) is 0 Å². The van der Waals surface area contributed by atoms with Crippen LogP contribution in [0, 0.1) is 5.82 Å². The number of pyridine rings is 1. The number of rotatable bonds is 6. The monoisotopic (exact) mass is 426 g/mol. The molecule has 0 aromatic carbocycles. The number of nitrogens with one attached hydrogen (secondary N) is 1. The van der Waals surface area contributed by atoms with Gasteiger partial charge in [0.2, 0.25) is 0 Å². The number of nitrogens with zero attached hydrogens (tertiary/aromatic N) is 5. The smallest absolute Gasteiger partial charge is 0.256 e. The normalized spacial score (nSPS) is 16.8. The number of aryl methyl sites for hydroxylation is 1. The molecule has 8 nitrogen and oxygen atoms in total. The zero-order chi connectivity index (χ0) is 22.2. The molecule has 0 radical (unpaired) electrons. The molecule has 1 aliphatic rings. The van der Waals surface area contributed by atoms with E-state index >= 15 is 0 Å². The van der Waals surface area contributed by atoms with Gasteiger partial charge in [0.15, 0.2) is 5.65 Å². The van der Waals surface area contributed by atoms with E-state index in [1.54, 1.807) is 30.6 Å². The van der Waals surface area contributed by atoms with Crippen molar-refractivity contribution in [2.75, 3.05) is 18.0 Å². The van der Waals surface area contributed by atoms with Crippen molar-refractivity contribution in [1.82, 2.24) is 24.9 Å². The zero-order valence-corrected chi connectivity index (χ0v) is 18.0. The van der Waals surface area contributed by atoms with Gasteiger partial charge in [0, 0.05) is 25.0 Å². The molecule has 31 heavy (non-hydrogen) atoms. The Morgan fingerprint density at radius 3 is 2.94 bits per heavy atom. The highest BCUT2D eigenvalue weighted by Gasteiger charge is 2.30. The Morgan fingerprint density at radius 1 is 1.39 bits per heavy atom. The largest absolute Gasteiger partial charge is 0.389 e. The fraction of sp³-hybridized carbons (Fsp3) is 0.455. The Labute approximate surface area is 180 Å². The summed E-state index contributed by atoms with van der Waals surface area (Å²) in [6.45, 7) is 6.15. The second kappa shape index (κ2) is 8.22. The number of amides is 1. The first-order valence-corrected chi connectivity index (χ1v) is 10.5. The van der Waals surface area contributed by atoms with Crippen molar-refractivity contribution in [3.63, 3.8) is 0 Å². The van der Waals surface area contributed by atoms with E-state index in [0.29, 0.717) is 17.0 Å². The first kappa shape index (κ1) is 21.2. The van der Waals surface area contributed by atoms with Crippen molar-refractivity contribution >= 4 is 17.4 Å². The number of carbonyl (C=O) groups is 1. The third-order valence-corrected chi connectivity index (χ3v) is 5.49. The maximum Gasteiger partial charge on any atom is 0.256 e. The van der Waals surface area contributed by atoms with Gasteiger partial charge in [0.05, 0.1) is 24.0 Å². The number of hydrogen-bond donors (Lipinski definition) is 2. The molecule has 0 bridgehead atoms. The summed E-state index contributed by atoms with van der Waals surface area (Å²) in [5.74, 6) is 0.0183. The minimum absolute atomic E-state index is 0.0245. The average molecular weight is 426 g/mol. The third kappa shape index (κ3) is 4.36. The van der Waals surface area contributed by atoms with Crippen LogP contribution in [-0.4, -0.2) is 49.3 Å². The summed E-state index contributed by atoms with van der Waals surface area (Å²) >= 11 is 0. The molecule has 3 aromatic heterocycles. The van der Waals surface area contributed by atoms with Crippen LogP contribution in [-0.2, 0) is 6.42 Å². The quantitative estimate of drug-likeness (QED) is 0.629. The molecule has 3 aromatic rings. The molecular weight excluding hydrogens is 399 g/mol. The molecule has 4 heterocycles. The van der Waals surface area contributed by atoms with Crippen LogP contribution in [0.25, 0.3) is 5.65 Å². The second-order valence-corrected chi connectivity index (χ2v) is 8.50. The summed E-state index contributed by atoms with van der Waals surface area (Å²) in [4.78, 5) is 23.8. The van der Waals surface area contributed by atoms with E-state index < -0.39 is 5.60 Å². The van der Waals surface area contributed by atoms with Crippen molar-refractivity contribution in [2.45, 2.75) is 51.7 Å². The minimum atomic E-state index is -1.02. The van der Waals surface area contributed by atoms with E-state index in [1.807, 2.05) is 13.0 Å². The lowest BCUT2D eigenvalue weighted by atomic mass is 10.0. The summed E-state index contributed by atoms with van der Waals surface area (Å²) in [6.07, 6.45) is 7.05. The number of aromatic nitrogens is 4. The molecule has 164 valence electrons. The zero-order valence-electron chi connectivity index (χ0n) is 18.0. The summed E-state index contributed by atoms with van der Waals surface area (Å²) in [7, 11) is 0. The fourth-order valence-corrected chi connectivity index (χ4v) is 4.00. The van der Waals surface area contributed by atoms with Crippen molar-refractivity contribution in [3.05, 3.63) is 53.4 Å². The molecule has 2 N–H and O–H groups in total. The molecular formula is C22H27FN6O2. The fourth-order valence-electron chi connectivity index (χ4n) is 4.00. The summed E-state index contributed by atoms with van der Waals surface area (Å²) in [5.41, 5.74) is 1.53. The lowest BCUT2D eigenvalue weighted by Crippen LogP contribution is -2.38. The lowest BCUT2D eigenvalue weighted by molar-refractivity contribution is 0.0695. The Kier molecular flexibility index (Phi) is 5.62. The van der Waals surface area contributed by atoms with E-state index in [9.17, 15) is 14.3 Å². The van der Waals surface area contributed by atoms with Crippen LogP contribution in [0.4, 0.5) is 10.2 Å². The molecule has 1 fully saturated rings. The van der Waals surface area contributed by atoms with Gasteiger partial charge in [0.25, 0.3) is 5.91 Å². The summed E-state index contributed by atoms with van der Waals surface area (Å²) in [6, 6.07) is 3.40. The summed E-state index contributed by atoms with van der Waals surface area (Å²) in [5, 5.41) is 16.8. The van der Waals surface area contributed by atoms with Crippen molar-refractivity contribution in [2.24, 2.45) is 0 Å². The van der Waals surface area contributed by atoms with E-state index in [2.05, 4.69) is 20.3 Å². The van der Waals surface area contributed by atoms with Crippen LogP contribution < -0.4 is 10.2 Å². The molecule has 1 aliphatic heterocycles. The van der Waals surface area contributed by atoms with Crippen LogP contribution in [0.3, 0.4) is 0 Å². The molecule has 0 spiro atoms. The number of halogens is 1. The minimum Gasteiger partial charge on any atom is -0.389 e.